The summed E-state index contributed by atoms with van der Waals surface area (Å²) in [5.74, 6) is 1.29. The van der Waals surface area contributed by atoms with Crippen LogP contribution in [0.15, 0.2) is 48.5 Å². The van der Waals surface area contributed by atoms with Crippen molar-refractivity contribution < 1.29 is 19.0 Å². The third-order valence-electron chi connectivity index (χ3n) is 6.35. The van der Waals surface area contributed by atoms with Crippen LogP contribution in [0.25, 0.3) is 11.1 Å². The minimum absolute atomic E-state index is 0.288. The number of rotatable bonds is 6. The number of benzene rings is 2. The van der Waals surface area contributed by atoms with E-state index in [1.165, 1.54) is 16.9 Å². The number of carbonyl (C=O) groups excluding carboxylic acids is 1. The van der Waals surface area contributed by atoms with Crippen molar-refractivity contribution in [3.63, 3.8) is 0 Å². The van der Waals surface area contributed by atoms with Gasteiger partial charge in [-0.1, -0.05) is 36.4 Å². The van der Waals surface area contributed by atoms with E-state index in [1.807, 2.05) is 50.2 Å². The number of nitrogens with zero attached hydrogens (tertiary/aromatic N) is 2. The van der Waals surface area contributed by atoms with Crippen LogP contribution in [0.1, 0.15) is 27.7 Å². The normalized spacial score (nSPS) is 15.1. The molecule has 0 amide bonds. The maximum atomic E-state index is 13.0. The Morgan fingerprint density at radius 2 is 1.83 bits per heavy atom. The summed E-state index contributed by atoms with van der Waals surface area (Å²) in [6, 6.07) is 16.1. The molecule has 9 heteroatoms. The number of piperazine rings is 1. The van der Waals surface area contributed by atoms with Gasteiger partial charge in [-0.15, -0.1) is 11.3 Å². The van der Waals surface area contributed by atoms with Gasteiger partial charge in [0.15, 0.2) is 16.6 Å². The molecule has 2 aliphatic rings. The lowest BCUT2D eigenvalue weighted by molar-refractivity contribution is 0.0529. The van der Waals surface area contributed by atoms with E-state index in [0.717, 1.165) is 65.2 Å². The second kappa shape index (κ2) is 10.9. The summed E-state index contributed by atoms with van der Waals surface area (Å²) < 4.78 is 16.3. The van der Waals surface area contributed by atoms with Gasteiger partial charge in [-0.3, -0.25) is 4.90 Å². The molecule has 2 aromatic carbocycles. The maximum absolute atomic E-state index is 13.0. The van der Waals surface area contributed by atoms with Gasteiger partial charge >= 0.3 is 5.97 Å². The molecule has 0 saturated carbocycles. The zero-order valence-corrected chi connectivity index (χ0v) is 22.0. The van der Waals surface area contributed by atoms with Crippen molar-refractivity contribution in [1.82, 2.24) is 9.80 Å². The van der Waals surface area contributed by atoms with E-state index >= 15 is 0 Å². The van der Waals surface area contributed by atoms with Crippen LogP contribution in [-0.2, 0) is 11.3 Å². The van der Waals surface area contributed by atoms with Crippen LogP contribution < -0.4 is 14.8 Å². The van der Waals surface area contributed by atoms with Crippen molar-refractivity contribution in [2.75, 3.05) is 44.9 Å². The van der Waals surface area contributed by atoms with Crippen LogP contribution in [0.4, 0.5) is 5.00 Å². The number of thiophene rings is 1. The second-order valence-corrected chi connectivity index (χ2v) is 10.3. The molecule has 3 heterocycles. The van der Waals surface area contributed by atoms with Crippen molar-refractivity contribution in [2.24, 2.45) is 0 Å². The largest absolute Gasteiger partial charge is 0.462 e. The number of hydrogen-bond donors (Lipinski definition) is 1. The molecule has 2 aliphatic heterocycles. The molecule has 5 rings (SSSR count). The number of ether oxygens (including phenoxy) is 3. The molecule has 36 heavy (non-hydrogen) atoms. The van der Waals surface area contributed by atoms with E-state index < -0.39 is 0 Å². The Morgan fingerprint density at radius 3 is 2.58 bits per heavy atom. The topological polar surface area (TPSA) is 63.3 Å². The number of carbonyl (C=O) groups is 1. The molecule has 0 unspecified atom stereocenters. The number of fused-ring (bicyclic) bond motifs is 1. The number of thiocarbonyl (C=S) groups is 1. The summed E-state index contributed by atoms with van der Waals surface area (Å²) in [6.07, 6.45) is 0. The zero-order valence-electron chi connectivity index (χ0n) is 20.4. The number of esters is 1. The molecule has 1 N–H and O–H groups in total. The highest BCUT2D eigenvalue weighted by Crippen LogP contribution is 2.40. The average Bonchev–Trinajstić information content (AvgIpc) is 3.48. The maximum Gasteiger partial charge on any atom is 0.341 e. The highest BCUT2D eigenvalue weighted by atomic mass is 32.1. The quantitative estimate of drug-likeness (QED) is 0.352. The van der Waals surface area contributed by atoms with Gasteiger partial charge in [0.2, 0.25) is 6.79 Å². The zero-order chi connectivity index (χ0) is 25.1. The van der Waals surface area contributed by atoms with E-state index in [9.17, 15) is 4.79 Å². The number of anilines is 1. The summed E-state index contributed by atoms with van der Waals surface area (Å²) in [7, 11) is 0. The van der Waals surface area contributed by atoms with Crippen molar-refractivity contribution in [1.29, 1.82) is 0 Å². The number of hydrogen-bond acceptors (Lipinski definition) is 7. The third kappa shape index (κ3) is 5.18. The number of aryl methyl sites for hydroxylation is 1. The van der Waals surface area contributed by atoms with Crippen LogP contribution in [0.5, 0.6) is 11.5 Å². The first-order valence-electron chi connectivity index (χ1n) is 12.1. The van der Waals surface area contributed by atoms with Gasteiger partial charge < -0.3 is 24.4 Å². The van der Waals surface area contributed by atoms with E-state index in [-0.39, 0.29) is 12.8 Å². The Balaban J connectivity index is 1.25. The van der Waals surface area contributed by atoms with E-state index in [1.54, 1.807) is 0 Å². The highest BCUT2D eigenvalue weighted by Gasteiger charge is 2.27. The van der Waals surface area contributed by atoms with E-state index in [0.29, 0.717) is 17.3 Å². The molecular weight excluding hydrogens is 494 g/mol. The van der Waals surface area contributed by atoms with Gasteiger partial charge in [0.05, 0.1) is 6.61 Å². The summed E-state index contributed by atoms with van der Waals surface area (Å²) in [5, 5.41) is 4.73. The van der Waals surface area contributed by atoms with Crippen LogP contribution in [0.3, 0.4) is 0 Å². The van der Waals surface area contributed by atoms with Crippen molar-refractivity contribution in [3.05, 3.63) is 64.5 Å². The fourth-order valence-corrected chi connectivity index (χ4v) is 5.98. The lowest BCUT2D eigenvalue weighted by Crippen LogP contribution is -2.49. The van der Waals surface area contributed by atoms with Gasteiger partial charge in [0, 0.05) is 43.2 Å². The van der Waals surface area contributed by atoms with Crippen molar-refractivity contribution >= 4 is 39.6 Å². The Hall–Kier alpha value is -3.14. The molecule has 7 nitrogen and oxygen atoms in total. The predicted molar refractivity (Wildman–Crippen MR) is 146 cm³/mol. The molecule has 0 radical (unpaired) electrons. The average molecular weight is 524 g/mol. The van der Waals surface area contributed by atoms with Gasteiger partial charge in [-0.2, -0.15) is 0 Å². The Labute approximate surface area is 220 Å². The molecule has 3 aromatic rings. The minimum Gasteiger partial charge on any atom is -0.462 e. The molecule has 188 valence electrons. The smallest absolute Gasteiger partial charge is 0.341 e. The molecule has 0 spiro atoms. The molecule has 1 fully saturated rings. The summed E-state index contributed by atoms with van der Waals surface area (Å²) >= 11 is 7.31. The summed E-state index contributed by atoms with van der Waals surface area (Å²) in [5.41, 5.74) is 3.65. The van der Waals surface area contributed by atoms with Crippen LogP contribution >= 0.6 is 23.6 Å². The Bertz CT molecular complexity index is 1250. The predicted octanol–water partition coefficient (Wildman–Crippen LogP) is 5.14. The first-order valence-corrected chi connectivity index (χ1v) is 13.3. The van der Waals surface area contributed by atoms with Gasteiger partial charge in [-0.05, 0) is 49.3 Å². The molecule has 1 saturated heterocycles. The third-order valence-corrected chi connectivity index (χ3v) is 7.73. The fourth-order valence-electron chi connectivity index (χ4n) is 4.57. The molecule has 1 aromatic heterocycles. The number of nitrogens with one attached hydrogen (secondary N) is 1. The second-order valence-electron chi connectivity index (χ2n) is 8.70. The SMILES string of the molecule is CCOC(=O)c1c(NC(=S)N2CCN(Cc3ccc4c(c3)OCO4)CC2)sc(C)c1-c1ccccc1. The summed E-state index contributed by atoms with van der Waals surface area (Å²) in [6.45, 7) is 8.69. The van der Waals surface area contributed by atoms with Crippen LogP contribution in [-0.4, -0.2) is 60.5 Å². The van der Waals surface area contributed by atoms with E-state index in [2.05, 4.69) is 27.2 Å². The molecular formula is C27H29N3O4S2. The summed E-state index contributed by atoms with van der Waals surface area (Å²) in [4.78, 5) is 18.6. The lowest BCUT2D eigenvalue weighted by atomic mass is 10.0. The first kappa shape index (κ1) is 24.5. The molecule has 0 atom stereocenters. The first-order chi connectivity index (χ1) is 17.5. The van der Waals surface area contributed by atoms with Crippen molar-refractivity contribution in [3.8, 4) is 22.6 Å². The fraction of sp³-hybridized carbons (Fsp3) is 0.333. The minimum atomic E-state index is -0.334. The van der Waals surface area contributed by atoms with Crippen LogP contribution in [0, 0.1) is 6.92 Å². The van der Waals surface area contributed by atoms with E-state index in [4.69, 9.17) is 26.4 Å². The lowest BCUT2D eigenvalue weighted by Gasteiger charge is -2.36. The molecule has 0 bridgehead atoms. The van der Waals surface area contributed by atoms with Gasteiger partial charge in [-0.25, -0.2) is 4.79 Å². The highest BCUT2D eigenvalue weighted by molar-refractivity contribution is 7.80. The standard InChI is InChI=1S/C27H29N3O4S2/c1-3-32-26(31)24-23(20-7-5-4-6-8-20)18(2)36-25(24)28-27(35)30-13-11-29(12-14-30)16-19-9-10-21-22(15-19)34-17-33-21/h4-10,15H,3,11-14,16-17H2,1-2H3,(H,28,35). The molecule has 0 aliphatic carbocycles. The van der Waals surface area contributed by atoms with Crippen LogP contribution in [0.2, 0.25) is 0 Å². The Kier molecular flexibility index (Phi) is 7.41. The van der Waals surface area contributed by atoms with Gasteiger partial charge in [0.25, 0.3) is 0 Å². The van der Waals surface area contributed by atoms with Gasteiger partial charge in [0.1, 0.15) is 10.6 Å². The Morgan fingerprint density at radius 1 is 1.08 bits per heavy atom. The van der Waals surface area contributed by atoms with Crippen molar-refractivity contribution in [2.45, 2.75) is 20.4 Å². The monoisotopic (exact) mass is 523 g/mol.